The zero-order valence-electron chi connectivity index (χ0n) is 13.3. The van der Waals surface area contributed by atoms with Crippen LogP contribution in [0.25, 0.3) is 0 Å². The summed E-state index contributed by atoms with van der Waals surface area (Å²) in [5, 5.41) is 21.0. The number of carbonyl (C=O) groups is 2. The highest BCUT2D eigenvalue weighted by Gasteiger charge is 2.15. The normalized spacial score (nSPS) is 10.7. The number of phenolic OH excluding ortho intramolecular Hbond substituents is 1. The average molecular weight is 331 g/mol. The summed E-state index contributed by atoms with van der Waals surface area (Å²) in [5.41, 5.74) is 0.551. The molecule has 5 nitrogen and oxygen atoms in total. The van der Waals surface area contributed by atoms with Crippen LogP contribution >= 0.6 is 0 Å². The molecule has 2 rings (SSSR count). The van der Waals surface area contributed by atoms with E-state index in [1.807, 2.05) is 13.8 Å². The lowest BCUT2D eigenvalue weighted by atomic mass is 10.00. The number of carbonyl (C=O) groups excluding carboxylic acids is 1. The Morgan fingerprint density at radius 3 is 2.46 bits per heavy atom. The van der Waals surface area contributed by atoms with Gasteiger partial charge < -0.3 is 15.5 Å². The Labute approximate surface area is 138 Å². The highest BCUT2D eigenvalue weighted by Crippen LogP contribution is 2.23. The molecule has 3 N–H and O–H groups in total. The Kier molecular flexibility index (Phi) is 5.18. The van der Waals surface area contributed by atoms with Crippen LogP contribution in [0.4, 0.5) is 10.1 Å². The minimum atomic E-state index is -1.26. The summed E-state index contributed by atoms with van der Waals surface area (Å²) >= 11 is 0. The van der Waals surface area contributed by atoms with Crippen LogP contribution < -0.4 is 5.32 Å². The monoisotopic (exact) mass is 331 g/mol. The van der Waals surface area contributed by atoms with Crippen molar-refractivity contribution >= 4 is 17.6 Å². The van der Waals surface area contributed by atoms with Crippen LogP contribution in [-0.4, -0.2) is 22.1 Å². The van der Waals surface area contributed by atoms with Crippen LogP contribution in [0.1, 0.15) is 40.1 Å². The molecular weight excluding hydrogens is 313 g/mol. The first-order chi connectivity index (χ1) is 11.3. The van der Waals surface area contributed by atoms with Gasteiger partial charge in [-0.25, -0.2) is 9.18 Å². The molecule has 0 aromatic heterocycles. The predicted molar refractivity (Wildman–Crippen MR) is 88.0 cm³/mol. The van der Waals surface area contributed by atoms with E-state index in [0.29, 0.717) is 5.92 Å². The Bertz CT molecular complexity index is 787. The Balaban J connectivity index is 2.25. The fourth-order valence-electron chi connectivity index (χ4n) is 2.30. The lowest BCUT2D eigenvalue weighted by Gasteiger charge is -2.11. The summed E-state index contributed by atoms with van der Waals surface area (Å²) in [6.45, 7) is 4.07. The molecule has 2 aromatic carbocycles. The molecule has 0 saturated heterocycles. The molecule has 0 radical (unpaired) electrons. The van der Waals surface area contributed by atoms with Gasteiger partial charge in [-0.1, -0.05) is 19.9 Å². The number of hydrogen-bond donors (Lipinski definition) is 3. The van der Waals surface area contributed by atoms with Crippen LogP contribution in [0.5, 0.6) is 5.75 Å². The highest BCUT2D eigenvalue weighted by molar-refractivity contribution is 6.06. The number of amides is 1. The molecule has 6 heteroatoms. The van der Waals surface area contributed by atoms with Gasteiger partial charge in [0.2, 0.25) is 0 Å². The van der Waals surface area contributed by atoms with Gasteiger partial charge in [-0.2, -0.15) is 0 Å². The number of anilines is 1. The summed E-state index contributed by atoms with van der Waals surface area (Å²) in [5.74, 6) is -2.61. The number of carboxylic acids is 1. The smallest absolute Gasteiger partial charge is 0.335 e. The van der Waals surface area contributed by atoms with Crippen molar-refractivity contribution in [2.45, 2.75) is 20.3 Å². The van der Waals surface area contributed by atoms with Crippen LogP contribution in [0.15, 0.2) is 36.4 Å². The Hall–Kier alpha value is -2.89. The Morgan fingerprint density at radius 1 is 1.17 bits per heavy atom. The van der Waals surface area contributed by atoms with Gasteiger partial charge >= 0.3 is 5.97 Å². The first-order valence-corrected chi connectivity index (χ1v) is 7.44. The van der Waals surface area contributed by atoms with Crippen LogP contribution in [0.3, 0.4) is 0 Å². The number of phenols is 1. The molecule has 0 fully saturated rings. The molecule has 0 aliphatic rings. The third-order valence-electron chi connectivity index (χ3n) is 3.41. The van der Waals surface area contributed by atoms with Crippen molar-refractivity contribution in [2.75, 3.05) is 5.32 Å². The summed E-state index contributed by atoms with van der Waals surface area (Å²) in [6, 6.07) is 7.91. The number of hydrogen-bond acceptors (Lipinski definition) is 3. The second-order valence-corrected chi connectivity index (χ2v) is 5.90. The highest BCUT2D eigenvalue weighted by atomic mass is 19.1. The number of aromatic carboxylic acids is 1. The molecule has 1 amide bonds. The van der Waals surface area contributed by atoms with Gasteiger partial charge in [-0.3, -0.25) is 4.79 Å². The molecule has 0 saturated carbocycles. The molecule has 0 atom stereocenters. The maximum absolute atomic E-state index is 13.9. The number of nitrogens with one attached hydrogen (secondary N) is 1. The molecule has 0 heterocycles. The van der Waals surface area contributed by atoms with Crippen molar-refractivity contribution in [3.05, 3.63) is 58.9 Å². The molecule has 0 aliphatic heterocycles. The van der Waals surface area contributed by atoms with Gasteiger partial charge in [0.1, 0.15) is 11.6 Å². The molecule has 0 bridgehead atoms. The molecule has 2 aromatic rings. The van der Waals surface area contributed by atoms with Crippen molar-refractivity contribution in [3.8, 4) is 5.75 Å². The molecule has 0 unspecified atom stereocenters. The zero-order valence-corrected chi connectivity index (χ0v) is 13.3. The average Bonchev–Trinajstić information content (AvgIpc) is 2.50. The standard InChI is InChI=1S/C18H18FNO4/c1-10(2)7-11-3-6-16(21)13(8-11)17(22)20-15-5-4-12(18(23)24)9-14(15)19/h3-6,8-10,21H,7H2,1-2H3,(H,20,22)(H,23,24). The SMILES string of the molecule is CC(C)Cc1ccc(O)c(C(=O)Nc2ccc(C(=O)O)cc2F)c1. The van der Waals surface area contributed by atoms with E-state index in [9.17, 15) is 19.1 Å². The number of aromatic hydroxyl groups is 1. The van der Waals surface area contributed by atoms with E-state index in [-0.39, 0.29) is 22.6 Å². The summed E-state index contributed by atoms with van der Waals surface area (Å²) in [6.07, 6.45) is 0.738. The Morgan fingerprint density at radius 2 is 1.88 bits per heavy atom. The largest absolute Gasteiger partial charge is 0.507 e. The van der Waals surface area contributed by atoms with E-state index in [1.165, 1.54) is 18.2 Å². The van der Waals surface area contributed by atoms with E-state index < -0.39 is 17.7 Å². The minimum Gasteiger partial charge on any atom is -0.507 e. The number of carboxylic acid groups (broad SMARTS) is 1. The van der Waals surface area contributed by atoms with Crippen molar-refractivity contribution in [1.29, 1.82) is 0 Å². The third-order valence-corrected chi connectivity index (χ3v) is 3.41. The minimum absolute atomic E-state index is 0.0369. The second-order valence-electron chi connectivity index (χ2n) is 5.90. The van der Waals surface area contributed by atoms with Gasteiger partial charge in [-0.15, -0.1) is 0 Å². The van der Waals surface area contributed by atoms with Crippen molar-refractivity contribution in [3.63, 3.8) is 0 Å². The maximum atomic E-state index is 13.9. The van der Waals surface area contributed by atoms with E-state index in [1.54, 1.807) is 12.1 Å². The number of rotatable bonds is 5. The number of benzene rings is 2. The maximum Gasteiger partial charge on any atom is 0.335 e. The van der Waals surface area contributed by atoms with Gasteiger partial charge in [-0.05, 0) is 48.2 Å². The summed E-state index contributed by atoms with van der Waals surface area (Å²) in [4.78, 5) is 23.1. The molecule has 0 spiro atoms. The van der Waals surface area contributed by atoms with Gasteiger partial charge in [0, 0.05) is 0 Å². The zero-order chi connectivity index (χ0) is 17.9. The van der Waals surface area contributed by atoms with Gasteiger partial charge in [0.15, 0.2) is 0 Å². The first-order valence-electron chi connectivity index (χ1n) is 7.44. The quantitative estimate of drug-likeness (QED) is 0.780. The lowest BCUT2D eigenvalue weighted by molar-refractivity contribution is 0.0696. The van der Waals surface area contributed by atoms with E-state index in [2.05, 4.69) is 5.32 Å². The van der Waals surface area contributed by atoms with Crippen LogP contribution in [0, 0.1) is 11.7 Å². The topological polar surface area (TPSA) is 86.6 Å². The first kappa shape index (κ1) is 17.5. The second kappa shape index (κ2) is 7.12. The van der Waals surface area contributed by atoms with Crippen molar-refractivity contribution in [1.82, 2.24) is 0 Å². The fraction of sp³-hybridized carbons (Fsp3) is 0.222. The van der Waals surface area contributed by atoms with Gasteiger partial charge in [0.05, 0.1) is 16.8 Å². The van der Waals surface area contributed by atoms with E-state index in [0.717, 1.165) is 18.1 Å². The molecular formula is C18H18FNO4. The molecule has 0 aliphatic carbocycles. The lowest BCUT2D eigenvalue weighted by Crippen LogP contribution is -2.14. The molecule has 24 heavy (non-hydrogen) atoms. The fourth-order valence-corrected chi connectivity index (χ4v) is 2.30. The van der Waals surface area contributed by atoms with Crippen molar-refractivity contribution < 1.29 is 24.2 Å². The predicted octanol–water partition coefficient (Wildman–Crippen LogP) is 3.68. The van der Waals surface area contributed by atoms with Crippen LogP contribution in [-0.2, 0) is 6.42 Å². The molecule has 126 valence electrons. The third kappa shape index (κ3) is 4.10. The van der Waals surface area contributed by atoms with Crippen LogP contribution in [0.2, 0.25) is 0 Å². The summed E-state index contributed by atoms with van der Waals surface area (Å²) in [7, 11) is 0. The van der Waals surface area contributed by atoms with E-state index in [4.69, 9.17) is 5.11 Å². The summed E-state index contributed by atoms with van der Waals surface area (Å²) < 4.78 is 13.9. The van der Waals surface area contributed by atoms with E-state index >= 15 is 0 Å². The van der Waals surface area contributed by atoms with Crippen molar-refractivity contribution in [2.24, 2.45) is 5.92 Å². The number of halogens is 1. The van der Waals surface area contributed by atoms with Gasteiger partial charge in [0.25, 0.3) is 5.91 Å².